The molecule has 2 aromatic carbocycles. The van der Waals surface area contributed by atoms with Crippen LogP contribution < -0.4 is 10.6 Å². The third-order valence-corrected chi connectivity index (χ3v) is 5.45. The second-order valence-electron chi connectivity index (χ2n) is 9.46. The number of nitrogens with zero attached hydrogens (tertiary/aromatic N) is 1. The van der Waals surface area contributed by atoms with Crippen molar-refractivity contribution < 1.29 is 24.2 Å². The molecule has 8 heteroatoms. The highest BCUT2D eigenvalue weighted by Crippen LogP contribution is 2.26. The van der Waals surface area contributed by atoms with E-state index >= 15 is 0 Å². The molecule has 0 saturated carbocycles. The Kier molecular flexibility index (Phi) is 10.2. The minimum absolute atomic E-state index is 0.00667. The summed E-state index contributed by atoms with van der Waals surface area (Å²) in [7, 11) is 0. The van der Waals surface area contributed by atoms with E-state index in [1.807, 2.05) is 44.2 Å². The van der Waals surface area contributed by atoms with Gasteiger partial charge >= 0.3 is 6.09 Å². The van der Waals surface area contributed by atoms with Gasteiger partial charge in [0.2, 0.25) is 5.91 Å². The Morgan fingerprint density at radius 3 is 2.28 bits per heavy atom. The van der Waals surface area contributed by atoms with Crippen LogP contribution in [0.1, 0.15) is 50.4 Å². The summed E-state index contributed by atoms with van der Waals surface area (Å²) in [4.78, 5) is 40.9. The standard InChI is InChI=1S/C28H37N3O5/c1-7-17-31(26(34)23(18-32)30-27(35)36-28(4,5)6)24(21-15-13-20(8-2)14-16-21)25(33)29-22-12-10-9-11-19(22)3/h7,9-16,23-24,32H,1,8,17-18H2,2-6H3,(H,29,33)(H,30,35). The predicted octanol–water partition coefficient (Wildman–Crippen LogP) is 4.14. The van der Waals surface area contributed by atoms with Gasteiger partial charge in [0.1, 0.15) is 17.7 Å². The van der Waals surface area contributed by atoms with Crippen molar-refractivity contribution in [2.45, 2.75) is 58.7 Å². The van der Waals surface area contributed by atoms with E-state index in [-0.39, 0.29) is 6.54 Å². The number of alkyl carbamates (subject to hydrolysis) is 1. The first-order chi connectivity index (χ1) is 17.0. The lowest BCUT2D eigenvalue weighted by Gasteiger charge is -2.33. The van der Waals surface area contributed by atoms with Gasteiger partial charge in [-0.15, -0.1) is 6.58 Å². The second kappa shape index (κ2) is 12.9. The Balaban J connectivity index is 2.46. The Morgan fingerprint density at radius 1 is 1.11 bits per heavy atom. The summed E-state index contributed by atoms with van der Waals surface area (Å²) in [5.74, 6) is -1.08. The third kappa shape index (κ3) is 7.95. The van der Waals surface area contributed by atoms with Gasteiger partial charge in [0.05, 0.1) is 6.61 Å². The van der Waals surface area contributed by atoms with Crippen LogP contribution in [0.25, 0.3) is 0 Å². The molecular formula is C28H37N3O5. The molecular weight excluding hydrogens is 458 g/mol. The van der Waals surface area contributed by atoms with Crippen LogP contribution in [-0.4, -0.2) is 52.7 Å². The maximum absolute atomic E-state index is 13.6. The third-order valence-electron chi connectivity index (χ3n) is 5.45. The number of aryl methyl sites for hydroxylation is 2. The Hall–Kier alpha value is -3.65. The van der Waals surface area contributed by atoms with Gasteiger partial charge in [0.25, 0.3) is 5.91 Å². The molecule has 0 saturated heterocycles. The van der Waals surface area contributed by atoms with E-state index in [1.165, 1.54) is 11.0 Å². The number of aliphatic hydroxyl groups excluding tert-OH is 1. The molecule has 0 radical (unpaired) electrons. The van der Waals surface area contributed by atoms with Crippen molar-refractivity contribution in [3.63, 3.8) is 0 Å². The number of amides is 3. The van der Waals surface area contributed by atoms with Gasteiger partial charge in [-0.05, 0) is 56.9 Å². The molecule has 0 aromatic heterocycles. The van der Waals surface area contributed by atoms with E-state index in [0.717, 1.165) is 17.5 Å². The van der Waals surface area contributed by atoms with Crippen molar-refractivity contribution in [1.29, 1.82) is 0 Å². The van der Waals surface area contributed by atoms with Gasteiger partial charge in [-0.3, -0.25) is 9.59 Å². The van der Waals surface area contributed by atoms with Crippen LogP contribution in [0.2, 0.25) is 0 Å². The van der Waals surface area contributed by atoms with Gasteiger partial charge in [0.15, 0.2) is 0 Å². The summed E-state index contributed by atoms with van der Waals surface area (Å²) in [5.41, 5.74) is 2.37. The number of nitrogens with one attached hydrogen (secondary N) is 2. The average molecular weight is 496 g/mol. The molecule has 0 heterocycles. The minimum atomic E-state index is -1.32. The number of rotatable bonds is 10. The maximum Gasteiger partial charge on any atom is 0.408 e. The highest BCUT2D eigenvalue weighted by atomic mass is 16.6. The zero-order valence-corrected chi connectivity index (χ0v) is 21.7. The van der Waals surface area contributed by atoms with Crippen LogP contribution in [0.5, 0.6) is 0 Å². The lowest BCUT2D eigenvalue weighted by atomic mass is 10.00. The number of benzene rings is 2. The minimum Gasteiger partial charge on any atom is -0.444 e. The smallest absolute Gasteiger partial charge is 0.408 e. The van der Waals surface area contributed by atoms with Crippen molar-refractivity contribution in [3.05, 3.63) is 77.9 Å². The largest absolute Gasteiger partial charge is 0.444 e. The Labute approximate surface area is 213 Å². The molecule has 2 rings (SSSR count). The molecule has 0 fully saturated rings. The molecule has 3 N–H and O–H groups in total. The zero-order valence-electron chi connectivity index (χ0n) is 21.7. The number of para-hydroxylation sites is 1. The number of aliphatic hydroxyl groups is 1. The molecule has 8 nitrogen and oxygen atoms in total. The van der Waals surface area contributed by atoms with Crippen LogP contribution in [0.4, 0.5) is 10.5 Å². The van der Waals surface area contributed by atoms with Crippen molar-refractivity contribution in [2.75, 3.05) is 18.5 Å². The normalized spacial score (nSPS) is 12.7. The van der Waals surface area contributed by atoms with Crippen LogP contribution in [0, 0.1) is 6.92 Å². The summed E-state index contributed by atoms with van der Waals surface area (Å²) in [6.45, 7) is 12.1. The first-order valence-corrected chi connectivity index (χ1v) is 12.0. The van der Waals surface area contributed by atoms with Crippen molar-refractivity contribution >= 4 is 23.6 Å². The van der Waals surface area contributed by atoms with E-state index in [4.69, 9.17) is 4.74 Å². The average Bonchev–Trinajstić information content (AvgIpc) is 2.82. The molecule has 0 aliphatic rings. The molecule has 2 aromatic rings. The van der Waals surface area contributed by atoms with E-state index in [9.17, 15) is 19.5 Å². The maximum atomic E-state index is 13.6. The first-order valence-electron chi connectivity index (χ1n) is 12.0. The van der Waals surface area contributed by atoms with Crippen LogP contribution >= 0.6 is 0 Å². The monoisotopic (exact) mass is 495 g/mol. The summed E-state index contributed by atoms with van der Waals surface area (Å²) < 4.78 is 5.24. The number of hydrogen-bond donors (Lipinski definition) is 3. The summed E-state index contributed by atoms with van der Waals surface area (Å²) in [6.07, 6.45) is 1.47. The molecule has 0 aliphatic heterocycles. The molecule has 0 spiro atoms. The van der Waals surface area contributed by atoms with Crippen molar-refractivity contribution in [2.24, 2.45) is 0 Å². The van der Waals surface area contributed by atoms with Crippen molar-refractivity contribution in [3.8, 4) is 0 Å². The molecule has 0 bridgehead atoms. The lowest BCUT2D eigenvalue weighted by molar-refractivity contribution is -0.140. The fourth-order valence-electron chi connectivity index (χ4n) is 3.62. The van der Waals surface area contributed by atoms with Gasteiger partial charge in [-0.25, -0.2) is 4.79 Å². The van der Waals surface area contributed by atoms with E-state index in [2.05, 4.69) is 17.2 Å². The highest BCUT2D eigenvalue weighted by Gasteiger charge is 2.35. The molecule has 2 atom stereocenters. The SMILES string of the molecule is C=CCN(C(=O)C(CO)NC(=O)OC(C)(C)C)C(C(=O)Nc1ccccc1C)c1ccc(CC)cc1. The number of carbonyl (C=O) groups is 3. The predicted molar refractivity (Wildman–Crippen MR) is 141 cm³/mol. The van der Waals surface area contributed by atoms with Gasteiger partial charge in [-0.1, -0.05) is 55.5 Å². The van der Waals surface area contributed by atoms with Crippen LogP contribution in [0.3, 0.4) is 0 Å². The van der Waals surface area contributed by atoms with Crippen LogP contribution in [0.15, 0.2) is 61.2 Å². The molecule has 194 valence electrons. The molecule has 36 heavy (non-hydrogen) atoms. The van der Waals surface area contributed by atoms with Crippen LogP contribution in [-0.2, 0) is 20.7 Å². The fraction of sp³-hybridized carbons (Fsp3) is 0.393. The highest BCUT2D eigenvalue weighted by molar-refractivity contribution is 5.99. The molecule has 3 amide bonds. The van der Waals surface area contributed by atoms with Gasteiger partial charge < -0.3 is 25.4 Å². The van der Waals surface area contributed by atoms with E-state index < -0.39 is 42.2 Å². The number of carbonyl (C=O) groups excluding carboxylic acids is 3. The van der Waals surface area contributed by atoms with E-state index in [1.54, 1.807) is 39.0 Å². The first kappa shape index (κ1) is 28.6. The second-order valence-corrected chi connectivity index (χ2v) is 9.46. The Bertz CT molecular complexity index is 1060. The van der Waals surface area contributed by atoms with Crippen molar-refractivity contribution in [1.82, 2.24) is 10.2 Å². The lowest BCUT2D eigenvalue weighted by Crippen LogP contribution is -2.53. The fourth-order valence-corrected chi connectivity index (χ4v) is 3.62. The zero-order chi connectivity index (χ0) is 26.9. The van der Waals surface area contributed by atoms with Gasteiger partial charge in [-0.2, -0.15) is 0 Å². The number of ether oxygens (including phenoxy) is 1. The molecule has 2 unspecified atom stereocenters. The number of anilines is 1. The quantitative estimate of drug-likeness (QED) is 0.430. The Morgan fingerprint density at radius 2 is 1.75 bits per heavy atom. The summed E-state index contributed by atoms with van der Waals surface area (Å²) in [6, 6.07) is 12.4. The topological polar surface area (TPSA) is 108 Å². The van der Waals surface area contributed by atoms with E-state index in [0.29, 0.717) is 11.3 Å². The summed E-state index contributed by atoms with van der Waals surface area (Å²) >= 11 is 0. The number of hydrogen-bond acceptors (Lipinski definition) is 5. The molecule has 0 aliphatic carbocycles. The van der Waals surface area contributed by atoms with Gasteiger partial charge in [0, 0.05) is 12.2 Å². The summed E-state index contributed by atoms with van der Waals surface area (Å²) in [5, 5.41) is 15.3.